The fourth-order valence-corrected chi connectivity index (χ4v) is 4.00. The number of hydrogen-bond donors (Lipinski definition) is 1. The van der Waals surface area contributed by atoms with Gasteiger partial charge in [-0.15, -0.1) is 0 Å². The summed E-state index contributed by atoms with van der Waals surface area (Å²) < 4.78 is 12.3. The Morgan fingerprint density at radius 2 is 1.68 bits per heavy atom. The molecule has 1 radical (unpaired) electrons. The minimum atomic E-state index is 0.624. The molecule has 1 aromatic heterocycles. The van der Waals surface area contributed by atoms with E-state index in [1.165, 1.54) is 22.3 Å². The second kappa shape index (κ2) is 6.95. The Morgan fingerprint density at radius 1 is 1.00 bits per heavy atom. The molecule has 2 aromatic carbocycles. The molecule has 0 aliphatic heterocycles. The van der Waals surface area contributed by atoms with Crippen molar-refractivity contribution in [1.29, 1.82) is 0 Å². The lowest BCUT2D eigenvalue weighted by atomic mass is 9.93. The summed E-state index contributed by atoms with van der Waals surface area (Å²) in [6.45, 7) is 0.624. The number of ether oxygens (including phenoxy) is 1. The summed E-state index contributed by atoms with van der Waals surface area (Å²) in [7, 11) is 1.68. The molecule has 139 valence electrons. The number of benzene rings is 2. The van der Waals surface area contributed by atoms with Crippen molar-refractivity contribution in [3.05, 3.63) is 88.2 Å². The van der Waals surface area contributed by atoms with Gasteiger partial charge in [0, 0.05) is 29.7 Å². The van der Waals surface area contributed by atoms with Gasteiger partial charge >= 0.3 is 0 Å². The summed E-state index contributed by atoms with van der Waals surface area (Å²) in [4.78, 5) is 0. The molecule has 0 saturated heterocycles. The molecule has 0 saturated carbocycles. The van der Waals surface area contributed by atoms with Crippen LogP contribution in [0.5, 0.6) is 5.75 Å². The van der Waals surface area contributed by atoms with Crippen molar-refractivity contribution < 1.29 is 9.15 Å². The molecular formula is C24H20NO2S. The highest BCUT2D eigenvalue weighted by Crippen LogP contribution is 2.38. The van der Waals surface area contributed by atoms with Crippen LogP contribution in [0.1, 0.15) is 22.6 Å². The molecule has 0 bridgehead atoms. The predicted octanol–water partition coefficient (Wildman–Crippen LogP) is 6.00. The minimum Gasteiger partial charge on any atom is -0.497 e. The minimum absolute atomic E-state index is 0.624. The number of allylic oxidation sites excluding steroid dienone is 2. The van der Waals surface area contributed by atoms with Gasteiger partial charge in [0.05, 0.1) is 18.2 Å². The Morgan fingerprint density at radius 3 is 2.25 bits per heavy atom. The summed E-state index contributed by atoms with van der Waals surface area (Å²) >= 11 is 5.70. The maximum Gasteiger partial charge on any atom is 0.132 e. The van der Waals surface area contributed by atoms with Crippen LogP contribution >= 0.6 is 12.2 Å². The zero-order chi connectivity index (χ0) is 19.1. The van der Waals surface area contributed by atoms with Crippen LogP contribution in [0.4, 0.5) is 5.69 Å². The Kier molecular flexibility index (Phi) is 4.29. The van der Waals surface area contributed by atoms with Gasteiger partial charge in [-0.3, -0.25) is 0 Å². The molecular weight excluding hydrogens is 366 g/mol. The summed E-state index contributed by atoms with van der Waals surface area (Å²) in [5.74, 6) is 2.86. The van der Waals surface area contributed by atoms with Crippen LogP contribution in [-0.4, -0.2) is 7.11 Å². The molecule has 5 rings (SSSR count). The van der Waals surface area contributed by atoms with Gasteiger partial charge in [0.1, 0.15) is 17.3 Å². The Bertz CT molecular complexity index is 1130. The maximum absolute atomic E-state index is 6.14. The van der Waals surface area contributed by atoms with Crippen LogP contribution in [-0.2, 0) is 19.4 Å². The number of rotatable bonds is 6. The molecule has 3 nitrogen and oxygen atoms in total. The molecule has 0 unspecified atom stereocenters. The first-order valence-electron chi connectivity index (χ1n) is 9.44. The lowest BCUT2D eigenvalue weighted by Gasteiger charge is -2.21. The largest absolute Gasteiger partial charge is 0.497 e. The van der Waals surface area contributed by atoms with Crippen LogP contribution in [0.15, 0.2) is 59.0 Å². The first-order valence-corrected chi connectivity index (χ1v) is 9.85. The zero-order valence-electron chi connectivity index (χ0n) is 15.6. The highest BCUT2D eigenvalue weighted by molar-refractivity contribution is 7.71. The number of aryl methyl sites for hydroxylation is 1. The first-order chi connectivity index (χ1) is 13.7. The summed E-state index contributed by atoms with van der Waals surface area (Å²) in [5.41, 5.74) is 6.91. The number of nitrogens with one attached hydrogen (secondary N) is 1. The van der Waals surface area contributed by atoms with Crippen LogP contribution < -0.4 is 10.1 Å². The van der Waals surface area contributed by atoms with E-state index in [-0.39, 0.29) is 0 Å². The first kappa shape index (κ1) is 17.3. The van der Waals surface area contributed by atoms with E-state index in [4.69, 9.17) is 21.4 Å². The molecule has 1 heterocycles. The molecule has 3 aromatic rings. The van der Waals surface area contributed by atoms with E-state index in [0.717, 1.165) is 45.9 Å². The zero-order valence-corrected chi connectivity index (χ0v) is 16.4. The van der Waals surface area contributed by atoms with Gasteiger partial charge < -0.3 is 14.5 Å². The quantitative estimate of drug-likeness (QED) is 0.527. The van der Waals surface area contributed by atoms with Crippen molar-refractivity contribution in [3.8, 4) is 16.9 Å². The van der Waals surface area contributed by atoms with Crippen LogP contribution in [0, 0.1) is 10.9 Å². The van der Waals surface area contributed by atoms with Gasteiger partial charge in [0.25, 0.3) is 0 Å². The smallest absolute Gasteiger partial charge is 0.132 e. The van der Waals surface area contributed by atoms with Crippen molar-refractivity contribution in [2.24, 2.45) is 0 Å². The van der Waals surface area contributed by atoms with E-state index < -0.39 is 0 Å². The monoisotopic (exact) mass is 386 g/mol. The second-order valence-electron chi connectivity index (χ2n) is 7.08. The third-order valence-electron chi connectivity index (χ3n) is 5.35. The Balaban J connectivity index is 1.34. The fourth-order valence-electron chi connectivity index (χ4n) is 3.55. The van der Waals surface area contributed by atoms with Crippen LogP contribution in [0.2, 0.25) is 0 Å². The summed E-state index contributed by atoms with van der Waals surface area (Å²) in [5, 5.41) is 3.48. The third-order valence-corrected chi connectivity index (χ3v) is 5.80. The number of hydrogen-bond acceptors (Lipinski definition) is 4. The number of fused-ring (bicyclic) bond motifs is 1. The maximum atomic E-state index is 6.14. The molecule has 1 N–H and O–H groups in total. The van der Waals surface area contributed by atoms with Crippen LogP contribution in [0.25, 0.3) is 16.7 Å². The number of anilines is 1. The standard InChI is InChI=1S/C24H20NO2S/c1-26-19-10-6-16(7-11-19)15-4-8-18(9-5-15)25-14-22-23(17-2-3-17)24(28)20-12-13-21(20)27-22/h2-11,25H,12-14H2,1H3. The van der Waals surface area contributed by atoms with Crippen molar-refractivity contribution >= 4 is 23.5 Å². The average molecular weight is 386 g/mol. The van der Waals surface area contributed by atoms with Crippen molar-refractivity contribution in [2.75, 3.05) is 12.4 Å². The van der Waals surface area contributed by atoms with E-state index in [2.05, 4.69) is 54.2 Å². The van der Waals surface area contributed by atoms with E-state index in [1.54, 1.807) is 7.11 Å². The van der Waals surface area contributed by atoms with Crippen molar-refractivity contribution in [2.45, 2.75) is 19.4 Å². The highest BCUT2D eigenvalue weighted by atomic mass is 32.1. The number of methoxy groups -OCH3 is 1. The van der Waals surface area contributed by atoms with E-state index >= 15 is 0 Å². The van der Waals surface area contributed by atoms with E-state index in [1.807, 2.05) is 12.1 Å². The molecule has 0 fully saturated rings. The van der Waals surface area contributed by atoms with E-state index in [9.17, 15) is 0 Å². The molecule has 0 spiro atoms. The van der Waals surface area contributed by atoms with Crippen molar-refractivity contribution in [1.82, 2.24) is 0 Å². The molecule has 0 atom stereocenters. The molecule has 28 heavy (non-hydrogen) atoms. The van der Waals surface area contributed by atoms with Gasteiger partial charge in [-0.05, 0) is 47.4 Å². The molecule has 4 heteroatoms. The van der Waals surface area contributed by atoms with Gasteiger partial charge in [-0.25, -0.2) is 0 Å². The predicted molar refractivity (Wildman–Crippen MR) is 115 cm³/mol. The third kappa shape index (κ3) is 3.14. The Hall–Kier alpha value is -2.85. The molecule has 0 amide bonds. The molecule has 2 aliphatic rings. The van der Waals surface area contributed by atoms with Crippen LogP contribution in [0.3, 0.4) is 0 Å². The van der Waals surface area contributed by atoms with Gasteiger partial charge in [-0.1, -0.05) is 42.6 Å². The normalized spacial score (nSPS) is 14.0. The van der Waals surface area contributed by atoms with Gasteiger partial charge in [0.2, 0.25) is 0 Å². The molecule has 2 aliphatic carbocycles. The van der Waals surface area contributed by atoms with E-state index in [0.29, 0.717) is 6.54 Å². The summed E-state index contributed by atoms with van der Waals surface area (Å²) in [6.07, 6.45) is 6.22. The highest BCUT2D eigenvalue weighted by Gasteiger charge is 2.26. The Labute approximate surface area is 169 Å². The lowest BCUT2D eigenvalue weighted by Crippen LogP contribution is -2.13. The van der Waals surface area contributed by atoms with Gasteiger partial charge in [0.15, 0.2) is 0 Å². The topological polar surface area (TPSA) is 34.4 Å². The average Bonchev–Trinajstić information content (AvgIpc) is 3.53. The summed E-state index contributed by atoms with van der Waals surface area (Å²) in [6, 6.07) is 16.5. The van der Waals surface area contributed by atoms with Gasteiger partial charge in [-0.2, -0.15) is 0 Å². The second-order valence-corrected chi connectivity index (χ2v) is 7.49. The SMILES string of the molecule is COc1ccc(-c2ccc(NCc3oc4c(c(=S)c3C3=C[CH]3)CC4)cc2)cc1. The van der Waals surface area contributed by atoms with Crippen molar-refractivity contribution in [3.63, 3.8) is 0 Å². The lowest BCUT2D eigenvalue weighted by molar-refractivity contribution is 0.415. The fraction of sp³-hybridized carbons (Fsp3) is 0.167.